The van der Waals surface area contributed by atoms with E-state index in [4.69, 9.17) is 10.5 Å². The van der Waals surface area contributed by atoms with Gasteiger partial charge in [0.1, 0.15) is 5.82 Å². The number of rotatable bonds is 3. The van der Waals surface area contributed by atoms with Gasteiger partial charge in [0.05, 0.1) is 5.56 Å². The van der Waals surface area contributed by atoms with Gasteiger partial charge in [-0.1, -0.05) is 0 Å². The summed E-state index contributed by atoms with van der Waals surface area (Å²) in [6.07, 6.45) is 3.71. The molecule has 0 aromatic carbocycles. The Labute approximate surface area is 137 Å². The predicted octanol–water partition coefficient (Wildman–Crippen LogP) is 0.975. The number of hydrogen-bond donors (Lipinski definition) is 1. The van der Waals surface area contributed by atoms with Crippen molar-refractivity contribution in [1.29, 1.82) is 0 Å². The molecule has 3 heterocycles. The number of nitrogens with zero attached hydrogens (tertiary/aromatic N) is 3. The molecule has 0 radical (unpaired) electrons. The van der Waals surface area contributed by atoms with Crippen LogP contribution in [-0.4, -0.2) is 62.7 Å². The Hall–Kier alpha value is -1.66. The fourth-order valence-electron chi connectivity index (χ4n) is 3.95. The monoisotopic (exact) mass is 318 g/mol. The van der Waals surface area contributed by atoms with Crippen molar-refractivity contribution >= 4 is 11.7 Å². The summed E-state index contributed by atoms with van der Waals surface area (Å²) >= 11 is 0. The first-order valence-electron chi connectivity index (χ1n) is 8.27. The van der Waals surface area contributed by atoms with Crippen molar-refractivity contribution in [3.63, 3.8) is 0 Å². The van der Waals surface area contributed by atoms with Crippen molar-refractivity contribution in [3.8, 4) is 0 Å². The lowest BCUT2D eigenvalue weighted by atomic mass is 9.72. The second-order valence-corrected chi connectivity index (χ2v) is 6.86. The van der Waals surface area contributed by atoms with Gasteiger partial charge in [-0.2, -0.15) is 0 Å². The highest BCUT2D eigenvalue weighted by Crippen LogP contribution is 2.44. The largest absolute Gasteiger partial charge is 0.381 e. The molecule has 2 saturated heterocycles. The Bertz CT molecular complexity index is 569. The first-order chi connectivity index (χ1) is 11.1. The molecule has 1 unspecified atom stereocenters. The number of carbonyl (C=O) groups is 1. The minimum Gasteiger partial charge on any atom is -0.381 e. The fraction of sp³-hybridized carbons (Fsp3) is 0.647. The zero-order valence-electron chi connectivity index (χ0n) is 14.0. The van der Waals surface area contributed by atoms with Gasteiger partial charge in [-0.25, -0.2) is 4.98 Å². The number of pyridine rings is 1. The molecule has 1 aromatic heterocycles. The van der Waals surface area contributed by atoms with Crippen LogP contribution in [0.3, 0.4) is 0 Å². The zero-order chi connectivity index (χ0) is 16.4. The number of amides is 1. The van der Waals surface area contributed by atoms with Gasteiger partial charge in [-0.15, -0.1) is 0 Å². The maximum atomic E-state index is 13.0. The average Bonchev–Trinajstić information content (AvgIpc) is 2.92. The highest BCUT2D eigenvalue weighted by Gasteiger charge is 2.48. The number of anilines is 1. The van der Waals surface area contributed by atoms with E-state index < -0.39 is 0 Å². The molecule has 0 aliphatic carbocycles. The third-order valence-electron chi connectivity index (χ3n) is 5.31. The molecule has 1 atom stereocenters. The van der Waals surface area contributed by atoms with Crippen LogP contribution >= 0.6 is 0 Å². The highest BCUT2D eigenvalue weighted by atomic mass is 16.5. The highest BCUT2D eigenvalue weighted by molar-refractivity contribution is 5.99. The topological polar surface area (TPSA) is 71.7 Å². The standard InChI is InChI=1S/C17H26N4O2/c1-20(2)15-14(4-3-7-19-15)16(22)21-11-13(10-18)17(12-21)5-8-23-9-6-17/h3-4,7,13H,5-6,8-12,18H2,1-2H3. The van der Waals surface area contributed by atoms with Crippen LogP contribution in [0.4, 0.5) is 5.82 Å². The summed E-state index contributed by atoms with van der Waals surface area (Å²) in [5.41, 5.74) is 6.81. The van der Waals surface area contributed by atoms with E-state index in [1.807, 2.05) is 36.0 Å². The van der Waals surface area contributed by atoms with Crippen molar-refractivity contribution < 1.29 is 9.53 Å². The van der Waals surface area contributed by atoms with Gasteiger partial charge >= 0.3 is 0 Å². The maximum Gasteiger partial charge on any atom is 0.257 e. The molecule has 0 bridgehead atoms. The molecule has 6 nitrogen and oxygen atoms in total. The Kier molecular flexibility index (Phi) is 4.55. The number of nitrogens with two attached hydrogens (primary N) is 1. The Balaban J connectivity index is 1.84. The summed E-state index contributed by atoms with van der Waals surface area (Å²) in [5, 5.41) is 0. The lowest BCUT2D eigenvalue weighted by Gasteiger charge is -2.37. The van der Waals surface area contributed by atoms with E-state index in [2.05, 4.69) is 4.98 Å². The van der Waals surface area contributed by atoms with Gasteiger partial charge < -0.3 is 20.3 Å². The van der Waals surface area contributed by atoms with Crippen LogP contribution in [-0.2, 0) is 4.74 Å². The smallest absolute Gasteiger partial charge is 0.257 e. The number of hydrogen-bond acceptors (Lipinski definition) is 5. The molecule has 23 heavy (non-hydrogen) atoms. The van der Waals surface area contributed by atoms with E-state index in [-0.39, 0.29) is 11.3 Å². The van der Waals surface area contributed by atoms with Crippen molar-refractivity contribution in [2.45, 2.75) is 12.8 Å². The summed E-state index contributed by atoms with van der Waals surface area (Å²) in [4.78, 5) is 21.2. The van der Waals surface area contributed by atoms with E-state index >= 15 is 0 Å². The summed E-state index contributed by atoms with van der Waals surface area (Å²) in [7, 11) is 3.82. The molecule has 2 aliphatic heterocycles. The van der Waals surface area contributed by atoms with Crippen molar-refractivity contribution in [2.75, 3.05) is 51.8 Å². The van der Waals surface area contributed by atoms with E-state index in [9.17, 15) is 4.79 Å². The Morgan fingerprint density at radius 3 is 2.87 bits per heavy atom. The van der Waals surface area contributed by atoms with Crippen molar-refractivity contribution in [2.24, 2.45) is 17.1 Å². The molecule has 2 fully saturated rings. The third kappa shape index (κ3) is 2.93. The third-order valence-corrected chi connectivity index (χ3v) is 5.31. The van der Waals surface area contributed by atoms with Crippen LogP contribution in [0.5, 0.6) is 0 Å². The average molecular weight is 318 g/mol. The van der Waals surface area contributed by atoms with E-state index in [0.29, 0.717) is 18.0 Å². The molecule has 1 aromatic rings. The lowest BCUT2D eigenvalue weighted by molar-refractivity contribution is 0.00139. The van der Waals surface area contributed by atoms with E-state index in [1.54, 1.807) is 6.20 Å². The molecule has 0 saturated carbocycles. The van der Waals surface area contributed by atoms with E-state index in [0.717, 1.165) is 45.0 Å². The van der Waals surface area contributed by atoms with Crippen LogP contribution in [0.15, 0.2) is 18.3 Å². The number of likely N-dealkylation sites (tertiary alicyclic amines) is 1. The van der Waals surface area contributed by atoms with Crippen molar-refractivity contribution in [3.05, 3.63) is 23.9 Å². The minimum atomic E-state index is 0.0589. The summed E-state index contributed by atoms with van der Waals surface area (Å²) in [5.74, 6) is 1.13. The van der Waals surface area contributed by atoms with Crippen LogP contribution in [0.1, 0.15) is 23.2 Å². The van der Waals surface area contributed by atoms with E-state index in [1.165, 1.54) is 0 Å². The molecule has 1 spiro atoms. The molecule has 2 aliphatic rings. The molecule has 126 valence electrons. The lowest BCUT2D eigenvalue weighted by Crippen LogP contribution is -2.40. The fourth-order valence-corrected chi connectivity index (χ4v) is 3.95. The molecule has 3 rings (SSSR count). The number of ether oxygens (including phenoxy) is 1. The second kappa shape index (κ2) is 6.45. The molecular weight excluding hydrogens is 292 g/mol. The van der Waals surface area contributed by atoms with Crippen LogP contribution < -0.4 is 10.6 Å². The van der Waals surface area contributed by atoms with Crippen LogP contribution in [0.25, 0.3) is 0 Å². The Morgan fingerprint density at radius 2 is 2.22 bits per heavy atom. The Morgan fingerprint density at radius 1 is 1.48 bits per heavy atom. The normalized spacial score (nSPS) is 23.3. The van der Waals surface area contributed by atoms with Gasteiger partial charge in [0.15, 0.2) is 0 Å². The van der Waals surface area contributed by atoms with Gasteiger partial charge in [-0.3, -0.25) is 4.79 Å². The van der Waals surface area contributed by atoms with Gasteiger partial charge in [-0.05, 0) is 42.9 Å². The van der Waals surface area contributed by atoms with Crippen LogP contribution in [0.2, 0.25) is 0 Å². The van der Waals surface area contributed by atoms with Crippen LogP contribution in [0, 0.1) is 11.3 Å². The molecule has 2 N–H and O–H groups in total. The van der Waals surface area contributed by atoms with Gasteiger partial charge in [0, 0.05) is 46.6 Å². The maximum absolute atomic E-state index is 13.0. The molecule has 6 heteroatoms. The quantitative estimate of drug-likeness (QED) is 0.899. The summed E-state index contributed by atoms with van der Waals surface area (Å²) in [6, 6.07) is 3.68. The zero-order valence-corrected chi connectivity index (χ0v) is 14.0. The van der Waals surface area contributed by atoms with Crippen molar-refractivity contribution in [1.82, 2.24) is 9.88 Å². The molecule has 1 amide bonds. The summed E-state index contributed by atoms with van der Waals surface area (Å²) in [6.45, 7) is 3.68. The minimum absolute atomic E-state index is 0.0589. The first kappa shape index (κ1) is 16.2. The second-order valence-electron chi connectivity index (χ2n) is 6.86. The first-order valence-corrected chi connectivity index (χ1v) is 8.27. The summed E-state index contributed by atoms with van der Waals surface area (Å²) < 4.78 is 5.52. The number of carbonyl (C=O) groups excluding carboxylic acids is 1. The predicted molar refractivity (Wildman–Crippen MR) is 89.5 cm³/mol. The number of aromatic nitrogens is 1. The molecular formula is C17H26N4O2. The van der Waals surface area contributed by atoms with Gasteiger partial charge in [0.25, 0.3) is 5.91 Å². The SMILES string of the molecule is CN(C)c1ncccc1C(=O)N1CC(CN)C2(CCOCC2)C1. The van der Waals surface area contributed by atoms with Gasteiger partial charge in [0.2, 0.25) is 0 Å².